The van der Waals surface area contributed by atoms with Gasteiger partial charge in [-0.1, -0.05) is 12.1 Å². The normalized spacial score (nSPS) is 11.4. The zero-order valence-corrected chi connectivity index (χ0v) is 9.54. The van der Waals surface area contributed by atoms with Crippen molar-refractivity contribution in [2.24, 2.45) is 0 Å². The van der Waals surface area contributed by atoms with E-state index in [1.807, 2.05) is 0 Å². The molecular formula is C10H11FN2O2S. The molecule has 4 nitrogen and oxygen atoms in total. The van der Waals surface area contributed by atoms with Gasteiger partial charge in [-0.3, -0.25) is 0 Å². The van der Waals surface area contributed by atoms with Gasteiger partial charge in [0.2, 0.25) is 10.0 Å². The van der Waals surface area contributed by atoms with Crippen molar-refractivity contribution in [2.75, 3.05) is 12.8 Å². The molecule has 0 heterocycles. The highest BCUT2D eigenvalue weighted by molar-refractivity contribution is 7.89. The van der Waals surface area contributed by atoms with Crippen LogP contribution in [0.2, 0.25) is 0 Å². The van der Waals surface area contributed by atoms with E-state index in [-0.39, 0.29) is 12.4 Å². The van der Waals surface area contributed by atoms with Crippen molar-refractivity contribution in [3.8, 4) is 6.07 Å². The van der Waals surface area contributed by atoms with Crippen LogP contribution >= 0.6 is 0 Å². The van der Waals surface area contributed by atoms with Gasteiger partial charge < -0.3 is 0 Å². The van der Waals surface area contributed by atoms with Crippen LogP contribution in [0.25, 0.3) is 0 Å². The first-order valence-electron chi connectivity index (χ1n) is 4.51. The molecular weight excluding hydrogens is 231 g/mol. The van der Waals surface area contributed by atoms with Crippen LogP contribution in [0.4, 0.5) is 4.39 Å². The maximum absolute atomic E-state index is 12.6. The van der Waals surface area contributed by atoms with Crippen molar-refractivity contribution < 1.29 is 12.8 Å². The molecule has 6 heteroatoms. The molecule has 0 aliphatic carbocycles. The van der Waals surface area contributed by atoms with Crippen LogP contribution in [-0.4, -0.2) is 25.5 Å². The molecule has 1 aromatic carbocycles. The number of nitrogens with zero attached hydrogens (tertiary/aromatic N) is 2. The molecule has 0 aromatic heterocycles. The summed E-state index contributed by atoms with van der Waals surface area (Å²) in [4.78, 5) is 0. The fourth-order valence-electron chi connectivity index (χ4n) is 1.14. The molecule has 1 rings (SSSR count). The first kappa shape index (κ1) is 12.6. The van der Waals surface area contributed by atoms with Gasteiger partial charge in [-0.25, -0.2) is 12.8 Å². The van der Waals surface area contributed by atoms with Crippen LogP contribution in [0.1, 0.15) is 5.56 Å². The van der Waals surface area contributed by atoms with Gasteiger partial charge in [0.25, 0.3) is 0 Å². The topological polar surface area (TPSA) is 61.2 Å². The Bertz CT molecular complexity index is 491. The molecule has 0 fully saturated rings. The fraction of sp³-hybridized carbons (Fsp3) is 0.300. The average Bonchev–Trinajstić information content (AvgIpc) is 2.21. The van der Waals surface area contributed by atoms with Crippen molar-refractivity contribution in [1.29, 1.82) is 5.26 Å². The van der Waals surface area contributed by atoms with Gasteiger partial charge in [-0.15, -0.1) is 0 Å². The molecule has 0 bridgehead atoms. The molecule has 0 aliphatic rings. The van der Waals surface area contributed by atoms with Gasteiger partial charge in [-0.2, -0.15) is 9.57 Å². The van der Waals surface area contributed by atoms with Crippen molar-refractivity contribution in [3.63, 3.8) is 0 Å². The van der Waals surface area contributed by atoms with Crippen LogP contribution < -0.4 is 0 Å². The lowest BCUT2D eigenvalue weighted by Gasteiger charge is -2.14. The SMILES string of the molecule is CN(Cc1ccc(F)cc1)S(=O)(=O)CC#N. The minimum absolute atomic E-state index is 0.129. The molecule has 16 heavy (non-hydrogen) atoms. The molecule has 0 aliphatic heterocycles. The summed E-state index contributed by atoms with van der Waals surface area (Å²) in [5.74, 6) is -0.920. The quantitative estimate of drug-likeness (QED) is 0.794. The second-order valence-corrected chi connectivity index (χ2v) is 5.37. The second kappa shape index (κ2) is 5.05. The van der Waals surface area contributed by atoms with Crippen molar-refractivity contribution in [2.45, 2.75) is 6.54 Å². The van der Waals surface area contributed by atoms with Crippen LogP contribution in [0.3, 0.4) is 0 Å². The fourth-order valence-corrected chi connectivity index (χ4v) is 1.87. The minimum atomic E-state index is -3.54. The van der Waals surface area contributed by atoms with Gasteiger partial charge in [0, 0.05) is 13.6 Å². The lowest BCUT2D eigenvalue weighted by Crippen LogP contribution is -2.28. The summed E-state index contributed by atoms with van der Waals surface area (Å²) in [6.45, 7) is 0.129. The minimum Gasteiger partial charge on any atom is -0.211 e. The number of sulfonamides is 1. The lowest BCUT2D eigenvalue weighted by atomic mass is 10.2. The smallest absolute Gasteiger partial charge is 0.211 e. The molecule has 0 saturated carbocycles. The van der Waals surface area contributed by atoms with E-state index in [1.165, 1.54) is 31.3 Å². The summed E-state index contributed by atoms with van der Waals surface area (Å²) in [6.07, 6.45) is 0. The second-order valence-electron chi connectivity index (χ2n) is 3.30. The number of rotatable bonds is 4. The van der Waals surface area contributed by atoms with Crippen LogP contribution in [-0.2, 0) is 16.6 Å². The standard InChI is InChI=1S/C10H11FN2O2S/c1-13(16(14,15)7-6-12)8-9-2-4-10(11)5-3-9/h2-5H,7-8H2,1H3. The third-order valence-electron chi connectivity index (χ3n) is 2.04. The van der Waals surface area contributed by atoms with E-state index < -0.39 is 15.8 Å². The molecule has 0 atom stereocenters. The van der Waals surface area contributed by atoms with Gasteiger partial charge in [0.15, 0.2) is 5.75 Å². The van der Waals surface area contributed by atoms with Crippen LogP contribution in [0, 0.1) is 17.1 Å². The Hall–Kier alpha value is -1.45. The van der Waals surface area contributed by atoms with Crippen LogP contribution in [0.15, 0.2) is 24.3 Å². The molecule has 0 spiro atoms. The Kier molecular flexibility index (Phi) is 3.99. The van der Waals surface area contributed by atoms with Gasteiger partial charge in [0.05, 0.1) is 6.07 Å². The van der Waals surface area contributed by atoms with Crippen molar-refractivity contribution in [3.05, 3.63) is 35.6 Å². The Morgan fingerprint density at radius 1 is 1.38 bits per heavy atom. The molecule has 0 N–H and O–H groups in total. The predicted molar refractivity (Wildman–Crippen MR) is 57.3 cm³/mol. The number of hydrogen-bond acceptors (Lipinski definition) is 3. The molecule has 1 aromatic rings. The average molecular weight is 242 g/mol. The highest BCUT2D eigenvalue weighted by Gasteiger charge is 2.17. The number of nitriles is 1. The largest absolute Gasteiger partial charge is 0.227 e. The monoisotopic (exact) mass is 242 g/mol. The van der Waals surface area contributed by atoms with Gasteiger partial charge in [-0.05, 0) is 17.7 Å². The Labute approximate surface area is 94.0 Å². The maximum atomic E-state index is 12.6. The first-order chi connectivity index (χ1) is 7.45. The summed E-state index contributed by atoms with van der Waals surface area (Å²) in [5, 5.41) is 8.35. The molecule has 0 amide bonds. The van der Waals surface area contributed by atoms with Crippen molar-refractivity contribution in [1.82, 2.24) is 4.31 Å². The lowest BCUT2D eigenvalue weighted by molar-refractivity contribution is 0.469. The van der Waals surface area contributed by atoms with E-state index in [0.717, 1.165) is 4.31 Å². The number of halogens is 1. The summed E-state index contributed by atoms with van der Waals surface area (Å²) in [6, 6.07) is 7.14. The van der Waals surface area contributed by atoms with E-state index in [4.69, 9.17) is 5.26 Å². The summed E-state index contributed by atoms with van der Waals surface area (Å²) < 4.78 is 36.5. The van der Waals surface area contributed by atoms with Gasteiger partial charge in [0.1, 0.15) is 5.82 Å². The Morgan fingerprint density at radius 3 is 2.44 bits per heavy atom. The van der Waals surface area contributed by atoms with E-state index in [2.05, 4.69) is 0 Å². The predicted octanol–water partition coefficient (Wildman–Crippen LogP) is 1.11. The van der Waals surface area contributed by atoms with E-state index in [1.54, 1.807) is 6.07 Å². The zero-order valence-electron chi connectivity index (χ0n) is 8.72. The van der Waals surface area contributed by atoms with Crippen LogP contribution in [0.5, 0.6) is 0 Å². The highest BCUT2D eigenvalue weighted by atomic mass is 32.2. The number of benzene rings is 1. The first-order valence-corrected chi connectivity index (χ1v) is 6.12. The molecule has 0 unspecified atom stereocenters. The highest BCUT2D eigenvalue weighted by Crippen LogP contribution is 2.08. The summed E-state index contributed by atoms with van der Waals surface area (Å²) in [7, 11) is -2.16. The Morgan fingerprint density at radius 2 is 1.94 bits per heavy atom. The van der Waals surface area contributed by atoms with E-state index in [0.29, 0.717) is 5.56 Å². The van der Waals surface area contributed by atoms with E-state index in [9.17, 15) is 12.8 Å². The summed E-state index contributed by atoms with van der Waals surface area (Å²) in [5.41, 5.74) is 0.672. The molecule has 0 radical (unpaired) electrons. The summed E-state index contributed by atoms with van der Waals surface area (Å²) >= 11 is 0. The maximum Gasteiger partial charge on any atom is 0.227 e. The third kappa shape index (κ3) is 3.29. The Balaban J connectivity index is 2.76. The van der Waals surface area contributed by atoms with Crippen molar-refractivity contribution >= 4 is 10.0 Å². The molecule has 86 valence electrons. The zero-order chi connectivity index (χ0) is 12.2. The van der Waals surface area contributed by atoms with Gasteiger partial charge >= 0.3 is 0 Å². The molecule has 0 saturated heterocycles. The third-order valence-corrected chi connectivity index (χ3v) is 3.61. The van der Waals surface area contributed by atoms with E-state index >= 15 is 0 Å². The number of hydrogen-bond donors (Lipinski definition) is 0.